The van der Waals surface area contributed by atoms with E-state index in [0.717, 1.165) is 11.1 Å². The van der Waals surface area contributed by atoms with Crippen molar-refractivity contribution in [3.63, 3.8) is 0 Å². The number of hydrogen-bond donors (Lipinski definition) is 0. The van der Waals surface area contributed by atoms with Crippen molar-refractivity contribution in [1.82, 2.24) is 9.80 Å². The Morgan fingerprint density at radius 2 is 1.39 bits per heavy atom. The number of ketones is 1. The number of piperazine rings is 1. The molecule has 0 aliphatic carbocycles. The molecule has 0 unspecified atom stereocenters. The molecule has 2 aromatic rings. The molecule has 2 aromatic carbocycles. The van der Waals surface area contributed by atoms with Crippen LogP contribution in [0.15, 0.2) is 48.5 Å². The van der Waals surface area contributed by atoms with Crippen LogP contribution in [0.5, 0.6) is 0 Å². The maximum Gasteiger partial charge on any atom is 0.253 e. The zero-order chi connectivity index (χ0) is 20.1. The van der Waals surface area contributed by atoms with E-state index < -0.39 is 0 Å². The largest absolute Gasteiger partial charge is 0.339 e. The molecule has 1 aliphatic rings. The van der Waals surface area contributed by atoms with Crippen LogP contribution < -0.4 is 0 Å². The van der Waals surface area contributed by atoms with E-state index in [0.29, 0.717) is 37.3 Å². The molecule has 0 atom stereocenters. The first-order chi connectivity index (χ1) is 13.4. The zero-order valence-corrected chi connectivity index (χ0v) is 16.5. The Morgan fingerprint density at radius 3 is 2.04 bits per heavy atom. The molecule has 1 saturated heterocycles. The topological polar surface area (TPSA) is 57.7 Å². The Balaban J connectivity index is 1.47. The number of rotatable bonds is 5. The molecule has 0 aromatic heterocycles. The van der Waals surface area contributed by atoms with Gasteiger partial charge >= 0.3 is 0 Å². The summed E-state index contributed by atoms with van der Waals surface area (Å²) in [6, 6.07) is 15.0. The van der Waals surface area contributed by atoms with Crippen molar-refractivity contribution in [2.75, 3.05) is 26.2 Å². The molecule has 0 saturated carbocycles. The van der Waals surface area contributed by atoms with Gasteiger partial charge in [-0.15, -0.1) is 0 Å². The molecular weight excluding hydrogens is 352 g/mol. The van der Waals surface area contributed by atoms with Crippen LogP contribution in [0.25, 0.3) is 0 Å². The third kappa shape index (κ3) is 4.85. The van der Waals surface area contributed by atoms with Gasteiger partial charge in [0, 0.05) is 50.1 Å². The molecular formula is C23H26N2O3. The molecule has 28 heavy (non-hydrogen) atoms. The van der Waals surface area contributed by atoms with Gasteiger partial charge in [-0.05, 0) is 26.0 Å². The number of Topliss-reactive ketones (excluding diaryl/α,β-unsaturated/α-hetero) is 1. The molecule has 1 aliphatic heterocycles. The monoisotopic (exact) mass is 378 g/mol. The molecule has 0 radical (unpaired) electrons. The van der Waals surface area contributed by atoms with Gasteiger partial charge in [0.1, 0.15) is 0 Å². The highest BCUT2D eigenvalue weighted by molar-refractivity contribution is 5.98. The Bertz CT molecular complexity index is 866. The quantitative estimate of drug-likeness (QED) is 0.751. The standard InChI is InChI=1S/C23H26N2O3/c1-17-6-8-19(9-7-17)21(26)10-11-22(27)24-12-14-25(15-13-24)23(28)20-5-3-4-18(2)16-20/h3-9,16H,10-15H2,1-2H3. The number of carbonyl (C=O) groups is 3. The van der Waals surface area contributed by atoms with E-state index in [2.05, 4.69) is 0 Å². The minimum atomic E-state index is -0.0249. The molecule has 0 bridgehead atoms. The van der Waals surface area contributed by atoms with Gasteiger partial charge in [0.2, 0.25) is 5.91 Å². The van der Waals surface area contributed by atoms with E-state index in [1.54, 1.807) is 21.9 Å². The predicted molar refractivity (Wildman–Crippen MR) is 108 cm³/mol. The van der Waals surface area contributed by atoms with Gasteiger partial charge in [0.15, 0.2) is 5.78 Å². The van der Waals surface area contributed by atoms with Gasteiger partial charge < -0.3 is 9.80 Å². The fourth-order valence-corrected chi connectivity index (χ4v) is 3.38. The van der Waals surface area contributed by atoms with Crippen molar-refractivity contribution >= 4 is 17.6 Å². The van der Waals surface area contributed by atoms with E-state index in [9.17, 15) is 14.4 Å². The average Bonchev–Trinajstić information content (AvgIpc) is 2.72. The molecule has 0 spiro atoms. The third-order valence-corrected chi connectivity index (χ3v) is 5.12. The maximum absolute atomic E-state index is 12.6. The summed E-state index contributed by atoms with van der Waals surface area (Å²) in [4.78, 5) is 40.8. The fourth-order valence-electron chi connectivity index (χ4n) is 3.38. The summed E-state index contributed by atoms with van der Waals surface area (Å²) in [5, 5.41) is 0. The van der Waals surface area contributed by atoms with Crippen LogP contribution in [0.1, 0.15) is 44.7 Å². The molecule has 0 N–H and O–H groups in total. The van der Waals surface area contributed by atoms with Crippen molar-refractivity contribution in [3.05, 3.63) is 70.8 Å². The Hall–Kier alpha value is -2.95. The fraction of sp³-hybridized carbons (Fsp3) is 0.348. The van der Waals surface area contributed by atoms with Crippen molar-refractivity contribution in [3.8, 4) is 0 Å². The second-order valence-corrected chi connectivity index (χ2v) is 7.33. The van der Waals surface area contributed by atoms with Crippen LogP contribution in [-0.4, -0.2) is 53.6 Å². The third-order valence-electron chi connectivity index (χ3n) is 5.12. The van der Waals surface area contributed by atoms with Gasteiger partial charge in [0.25, 0.3) is 5.91 Å². The van der Waals surface area contributed by atoms with Crippen molar-refractivity contribution in [2.24, 2.45) is 0 Å². The Labute approximate surface area is 166 Å². The van der Waals surface area contributed by atoms with Crippen molar-refractivity contribution < 1.29 is 14.4 Å². The molecule has 5 heteroatoms. The Kier molecular flexibility index (Phi) is 6.24. The summed E-state index contributed by atoms with van der Waals surface area (Å²) in [5.74, 6) is -0.0323. The minimum absolute atomic E-state index is 0.00495. The molecule has 5 nitrogen and oxygen atoms in total. The number of carbonyl (C=O) groups excluding carboxylic acids is 3. The maximum atomic E-state index is 12.6. The minimum Gasteiger partial charge on any atom is -0.339 e. The summed E-state index contributed by atoms with van der Waals surface area (Å²) in [7, 11) is 0. The predicted octanol–water partition coefficient (Wildman–Crippen LogP) is 3.25. The summed E-state index contributed by atoms with van der Waals surface area (Å²) in [5.41, 5.74) is 3.49. The first-order valence-corrected chi connectivity index (χ1v) is 9.67. The van der Waals surface area contributed by atoms with Crippen LogP contribution in [0, 0.1) is 13.8 Å². The second kappa shape index (κ2) is 8.83. The van der Waals surface area contributed by atoms with Gasteiger partial charge in [0.05, 0.1) is 0 Å². The van der Waals surface area contributed by atoms with E-state index in [4.69, 9.17) is 0 Å². The number of benzene rings is 2. The lowest BCUT2D eigenvalue weighted by molar-refractivity contribution is -0.132. The lowest BCUT2D eigenvalue weighted by Gasteiger charge is -2.35. The summed E-state index contributed by atoms with van der Waals surface area (Å²) < 4.78 is 0. The normalized spacial score (nSPS) is 14.1. The van der Waals surface area contributed by atoms with Crippen molar-refractivity contribution in [2.45, 2.75) is 26.7 Å². The highest BCUT2D eigenvalue weighted by Gasteiger charge is 2.25. The van der Waals surface area contributed by atoms with Gasteiger partial charge in [-0.25, -0.2) is 0 Å². The lowest BCUT2D eigenvalue weighted by Crippen LogP contribution is -2.50. The number of hydrogen-bond acceptors (Lipinski definition) is 3. The first-order valence-electron chi connectivity index (χ1n) is 9.67. The van der Waals surface area contributed by atoms with E-state index in [1.807, 2.05) is 50.2 Å². The van der Waals surface area contributed by atoms with Gasteiger partial charge in [-0.1, -0.05) is 47.5 Å². The summed E-state index contributed by atoms with van der Waals surface area (Å²) >= 11 is 0. The highest BCUT2D eigenvalue weighted by atomic mass is 16.2. The van der Waals surface area contributed by atoms with E-state index in [1.165, 1.54) is 0 Å². The number of aryl methyl sites for hydroxylation is 2. The molecule has 146 valence electrons. The second-order valence-electron chi connectivity index (χ2n) is 7.33. The van der Waals surface area contributed by atoms with Gasteiger partial charge in [-0.3, -0.25) is 14.4 Å². The van der Waals surface area contributed by atoms with E-state index >= 15 is 0 Å². The number of amides is 2. The van der Waals surface area contributed by atoms with Crippen molar-refractivity contribution in [1.29, 1.82) is 0 Å². The highest BCUT2D eigenvalue weighted by Crippen LogP contribution is 2.13. The molecule has 1 heterocycles. The summed E-state index contributed by atoms with van der Waals surface area (Å²) in [6.45, 7) is 5.99. The average molecular weight is 378 g/mol. The van der Waals surface area contributed by atoms with Crippen LogP contribution in [-0.2, 0) is 4.79 Å². The lowest BCUT2D eigenvalue weighted by atomic mass is 10.0. The van der Waals surface area contributed by atoms with E-state index in [-0.39, 0.29) is 30.4 Å². The smallest absolute Gasteiger partial charge is 0.253 e. The molecule has 1 fully saturated rings. The molecule has 3 rings (SSSR count). The van der Waals surface area contributed by atoms with Gasteiger partial charge in [-0.2, -0.15) is 0 Å². The SMILES string of the molecule is Cc1ccc(C(=O)CCC(=O)N2CCN(C(=O)c3cccc(C)c3)CC2)cc1. The zero-order valence-electron chi connectivity index (χ0n) is 16.5. The first kappa shape index (κ1) is 19.8. The van der Waals surface area contributed by atoms with Crippen LogP contribution >= 0.6 is 0 Å². The van der Waals surface area contributed by atoms with Crippen LogP contribution in [0.3, 0.4) is 0 Å². The Morgan fingerprint density at radius 1 is 0.750 bits per heavy atom. The summed E-state index contributed by atoms with van der Waals surface area (Å²) in [6.07, 6.45) is 0.420. The number of nitrogens with zero attached hydrogens (tertiary/aromatic N) is 2. The van der Waals surface area contributed by atoms with Crippen LogP contribution in [0.2, 0.25) is 0 Å². The molecule has 2 amide bonds. The van der Waals surface area contributed by atoms with Crippen LogP contribution in [0.4, 0.5) is 0 Å².